The van der Waals surface area contributed by atoms with Crippen molar-refractivity contribution in [2.45, 2.75) is 96.8 Å². The molecule has 2 rings (SSSR count). The first-order chi connectivity index (χ1) is 15.9. The van der Waals surface area contributed by atoms with Gasteiger partial charge in [0.1, 0.15) is 11.5 Å². The number of nitrogens with one attached hydrogen (secondary N) is 1. The second kappa shape index (κ2) is 18.4. The van der Waals surface area contributed by atoms with E-state index in [0.717, 1.165) is 23.7 Å². The third-order valence-electron chi connectivity index (χ3n) is 5.85. The van der Waals surface area contributed by atoms with Gasteiger partial charge in [-0.3, -0.25) is 0 Å². The topological polar surface area (TPSA) is 21.3 Å². The summed E-state index contributed by atoms with van der Waals surface area (Å²) in [4.78, 5) is 0. The smallest absolute Gasteiger partial charge is 0.127 e. The molecule has 2 aromatic carbocycles. The zero-order chi connectivity index (χ0) is 22.5. The van der Waals surface area contributed by atoms with Crippen molar-refractivity contribution < 1.29 is 4.74 Å². The molecule has 0 heterocycles. The van der Waals surface area contributed by atoms with E-state index in [1.165, 1.54) is 89.9 Å². The molecule has 0 amide bonds. The van der Waals surface area contributed by atoms with Crippen LogP contribution in [0.3, 0.4) is 0 Å². The van der Waals surface area contributed by atoms with Crippen LogP contribution in [0.5, 0.6) is 11.5 Å². The highest BCUT2D eigenvalue weighted by molar-refractivity contribution is 5.47. The molecular formula is C30H45NO. The Balaban J connectivity index is 1.37. The Morgan fingerprint density at radius 2 is 1.12 bits per heavy atom. The standard InChI is InChI=1S/C30H45NO/c1-2-3-4-5-6-7-8-9-10-11-12-13-14-15-16-20-27-31-28-23-25-30(26-24-28)32-29-21-18-17-19-22-29/h9-10,17-19,21-26,31H,2-8,11-16,20,27H2,1H3/b10-9-. The highest BCUT2D eigenvalue weighted by atomic mass is 16.5. The molecule has 0 saturated heterocycles. The van der Waals surface area contributed by atoms with Crippen molar-refractivity contribution >= 4 is 5.69 Å². The molecule has 2 heteroatoms. The molecule has 1 N–H and O–H groups in total. The van der Waals surface area contributed by atoms with Crippen LogP contribution in [0.25, 0.3) is 0 Å². The van der Waals surface area contributed by atoms with E-state index in [1.807, 2.05) is 42.5 Å². The summed E-state index contributed by atoms with van der Waals surface area (Å²) in [5.41, 5.74) is 1.16. The molecule has 2 aromatic rings. The lowest BCUT2D eigenvalue weighted by Crippen LogP contribution is -2.01. The first kappa shape index (κ1) is 26.0. The predicted octanol–water partition coefficient (Wildman–Crippen LogP) is 9.93. The van der Waals surface area contributed by atoms with E-state index < -0.39 is 0 Å². The molecule has 0 spiro atoms. The zero-order valence-electron chi connectivity index (χ0n) is 20.4. The number of hydrogen-bond donors (Lipinski definition) is 1. The predicted molar refractivity (Wildman–Crippen MR) is 141 cm³/mol. The highest BCUT2D eigenvalue weighted by Crippen LogP contribution is 2.22. The van der Waals surface area contributed by atoms with E-state index in [4.69, 9.17) is 4.74 Å². The number of ether oxygens (including phenoxy) is 1. The number of anilines is 1. The molecule has 0 aliphatic carbocycles. The Bertz CT molecular complexity index is 693. The van der Waals surface area contributed by atoms with Gasteiger partial charge in [-0.05, 0) is 68.5 Å². The SMILES string of the molecule is CCCCCCCC/C=C\CCCCCCCCNc1ccc(Oc2ccccc2)cc1. The zero-order valence-corrected chi connectivity index (χ0v) is 20.4. The van der Waals surface area contributed by atoms with E-state index in [9.17, 15) is 0 Å². The molecular weight excluding hydrogens is 390 g/mol. The molecule has 0 bridgehead atoms. The van der Waals surface area contributed by atoms with Gasteiger partial charge in [-0.15, -0.1) is 0 Å². The Hall–Kier alpha value is -2.22. The summed E-state index contributed by atoms with van der Waals surface area (Å²) in [5, 5.41) is 3.52. The Labute approximate surface area is 197 Å². The van der Waals surface area contributed by atoms with Crippen LogP contribution in [0, 0.1) is 0 Å². The first-order valence-electron chi connectivity index (χ1n) is 13.1. The fraction of sp³-hybridized carbons (Fsp3) is 0.533. The largest absolute Gasteiger partial charge is 0.457 e. The van der Waals surface area contributed by atoms with Crippen molar-refractivity contribution in [2.24, 2.45) is 0 Å². The van der Waals surface area contributed by atoms with E-state index >= 15 is 0 Å². The van der Waals surface area contributed by atoms with Crippen molar-refractivity contribution in [2.75, 3.05) is 11.9 Å². The number of benzene rings is 2. The molecule has 0 aromatic heterocycles. The number of rotatable bonds is 19. The normalized spacial score (nSPS) is 11.2. The number of allylic oxidation sites excluding steroid dienone is 2. The summed E-state index contributed by atoms with van der Waals surface area (Å²) in [7, 11) is 0. The third-order valence-corrected chi connectivity index (χ3v) is 5.85. The van der Waals surface area contributed by atoms with Crippen molar-refractivity contribution in [1.82, 2.24) is 0 Å². The average Bonchev–Trinajstić information content (AvgIpc) is 2.83. The molecule has 0 saturated carbocycles. The summed E-state index contributed by atoms with van der Waals surface area (Å²) in [6.07, 6.45) is 23.7. The maximum Gasteiger partial charge on any atom is 0.127 e. The number of hydrogen-bond acceptors (Lipinski definition) is 2. The van der Waals surface area contributed by atoms with E-state index in [-0.39, 0.29) is 0 Å². The Kier molecular flexibility index (Phi) is 14.9. The van der Waals surface area contributed by atoms with Gasteiger partial charge in [0.25, 0.3) is 0 Å². The molecule has 0 unspecified atom stereocenters. The molecule has 0 radical (unpaired) electrons. The maximum atomic E-state index is 5.84. The summed E-state index contributed by atoms with van der Waals surface area (Å²) in [6, 6.07) is 18.2. The van der Waals surface area contributed by atoms with Gasteiger partial charge in [0.05, 0.1) is 0 Å². The first-order valence-corrected chi connectivity index (χ1v) is 13.1. The molecule has 0 fully saturated rings. The fourth-order valence-electron chi connectivity index (χ4n) is 3.87. The van der Waals surface area contributed by atoms with Crippen LogP contribution in [-0.2, 0) is 0 Å². The van der Waals surface area contributed by atoms with Crippen molar-refractivity contribution in [3.05, 3.63) is 66.7 Å². The quantitative estimate of drug-likeness (QED) is 0.175. The van der Waals surface area contributed by atoms with Crippen LogP contribution >= 0.6 is 0 Å². The van der Waals surface area contributed by atoms with E-state index in [0.29, 0.717) is 0 Å². The van der Waals surface area contributed by atoms with Gasteiger partial charge in [0.2, 0.25) is 0 Å². The van der Waals surface area contributed by atoms with Gasteiger partial charge in [0, 0.05) is 12.2 Å². The minimum absolute atomic E-state index is 0.873. The van der Waals surface area contributed by atoms with E-state index in [2.05, 4.69) is 36.5 Å². The van der Waals surface area contributed by atoms with Crippen molar-refractivity contribution in [3.63, 3.8) is 0 Å². The van der Waals surface area contributed by atoms with Crippen LogP contribution in [0.2, 0.25) is 0 Å². The van der Waals surface area contributed by atoms with Gasteiger partial charge in [-0.25, -0.2) is 0 Å². The minimum atomic E-state index is 0.873. The number of para-hydroxylation sites is 1. The molecule has 176 valence electrons. The highest BCUT2D eigenvalue weighted by Gasteiger charge is 1.98. The Morgan fingerprint density at radius 1 is 0.594 bits per heavy atom. The monoisotopic (exact) mass is 435 g/mol. The lowest BCUT2D eigenvalue weighted by atomic mass is 10.1. The average molecular weight is 436 g/mol. The van der Waals surface area contributed by atoms with Crippen LogP contribution in [0.15, 0.2) is 66.7 Å². The molecule has 2 nitrogen and oxygen atoms in total. The third kappa shape index (κ3) is 13.2. The lowest BCUT2D eigenvalue weighted by Gasteiger charge is -2.09. The van der Waals surface area contributed by atoms with Crippen molar-refractivity contribution in [1.29, 1.82) is 0 Å². The fourth-order valence-corrected chi connectivity index (χ4v) is 3.87. The van der Waals surface area contributed by atoms with Gasteiger partial charge in [-0.2, -0.15) is 0 Å². The molecule has 0 atom stereocenters. The van der Waals surface area contributed by atoms with Gasteiger partial charge in [-0.1, -0.05) is 95.1 Å². The Morgan fingerprint density at radius 3 is 1.75 bits per heavy atom. The van der Waals surface area contributed by atoms with Crippen LogP contribution in [0.4, 0.5) is 5.69 Å². The number of unbranched alkanes of at least 4 members (excludes halogenated alkanes) is 12. The lowest BCUT2D eigenvalue weighted by molar-refractivity contribution is 0.483. The molecule has 0 aliphatic heterocycles. The summed E-state index contributed by atoms with van der Waals surface area (Å²) in [5.74, 6) is 1.75. The molecule has 0 aliphatic rings. The second-order valence-corrected chi connectivity index (χ2v) is 8.80. The van der Waals surface area contributed by atoms with Gasteiger partial charge >= 0.3 is 0 Å². The summed E-state index contributed by atoms with van der Waals surface area (Å²) < 4.78 is 5.84. The maximum absolute atomic E-state index is 5.84. The van der Waals surface area contributed by atoms with Crippen LogP contribution < -0.4 is 10.1 Å². The van der Waals surface area contributed by atoms with Gasteiger partial charge in [0.15, 0.2) is 0 Å². The molecule has 32 heavy (non-hydrogen) atoms. The van der Waals surface area contributed by atoms with Crippen LogP contribution in [-0.4, -0.2) is 6.54 Å². The second-order valence-electron chi connectivity index (χ2n) is 8.80. The van der Waals surface area contributed by atoms with E-state index in [1.54, 1.807) is 0 Å². The van der Waals surface area contributed by atoms with Crippen LogP contribution in [0.1, 0.15) is 96.8 Å². The van der Waals surface area contributed by atoms with Crippen molar-refractivity contribution in [3.8, 4) is 11.5 Å². The summed E-state index contributed by atoms with van der Waals surface area (Å²) in [6.45, 7) is 3.32. The summed E-state index contributed by atoms with van der Waals surface area (Å²) >= 11 is 0. The van der Waals surface area contributed by atoms with Gasteiger partial charge < -0.3 is 10.1 Å². The minimum Gasteiger partial charge on any atom is -0.457 e.